The van der Waals surface area contributed by atoms with Crippen molar-refractivity contribution in [1.29, 1.82) is 0 Å². The molecule has 0 spiro atoms. The smallest absolute Gasteiger partial charge is 0.245 e. The molecule has 0 unspecified atom stereocenters. The number of anilines is 1. The van der Waals surface area contributed by atoms with E-state index in [4.69, 9.17) is 4.98 Å². The van der Waals surface area contributed by atoms with Gasteiger partial charge in [-0.15, -0.1) is 5.10 Å². The molecule has 1 aliphatic rings. The van der Waals surface area contributed by atoms with Crippen LogP contribution in [0, 0.1) is 0 Å². The molecule has 1 aliphatic carbocycles. The minimum atomic E-state index is 0.618. The van der Waals surface area contributed by atoms with Crippen LogP contribution in [-0.2, 0) is 6.54 Å². The Morgan fingerprint density at radius 2 is 1.81 bits per heavy atom. The number of aromatic nitrogens is 4. The monoisotopic (exact) mass is 359 g/mol. The standard InChI is InChI=1S/C22H25N5/c1-27(16-17-6-5-13-23-14-17)22-25-21(15-24-26-22)20-11-9-19(10-12-20)18-7-3-2-4-8-18/h5-6,9-15,18H,2-4,7-8,16H2,1H3. The van der Waals surface area contributed by atoms with Crippen molar-refractivity contribution >= 4 is 5.95 Å². The van der Waals surface area contributed by atoms with Gasteiger partial charge >= 0.3 is 0 Å². The molecule has 1 saturated carbocycles. The normalized spacial score (nSPS) is 14.9. The molecule has 138 valence electrons. The number of nitrogens with zero attached hydrogens (tertiary/aromatic N) is 5. The minimum absolute atomic E-state index is 0.618. The molecule has 0 atom stereocenters. The predicted octanol–water partition coefficient (Wildman–Crippen LogP) is 4.62. The Morgan fingerprint density at radius 3 is 2.56 bits per heavy atom. The molecule has 5 nitrogen and oxygen atoms in total. The Labute approximate surface area is 160 Å². The molecule has 3 aromatic rings. The summed E-state index contributed by atoms with van der Waals surface area (Å²) in [4.78, 5) is 10.9. The largest absolute Gasteiger partial charge is 0.338 e. The van der Waals surface area contributed by atoms with E-state index in [1.807, 2.05) is 30.3 Å². The highest BCUT2D eigenvalue weighted by Gasteiger charge is 2.15. The Hall–Kier alpha value is -2.82. The van der Waals surface area contributed by atoms with E-state index in [-0.39, 0.29) is 0 Å². The second-order valence-corrected chi connectivity index (χ2v) is 7.32. The van der Waals surface area contributed by atoms with E-state index in [0.29, 0.717) is 12.5 Å². The van der Waals surface area contributed by atoms with Crippen LogP contribution < -0.4 is 4.90 Å². The number of hydrogen-bond donors (Lipinski definition) is 0. The first kappa shape index (κ1) is 17.6. The third-order valence-electron chi connectivity index (χ3n) is 5.31. The van der Waals surface area contributed by atoms with Gasteiger partial charge in [-0.05, 0) is 36.0 Å². The molecule has 2 aromatic heterocycles. The molecule has 0 saturated heterocycles. The van der Waals surface area contributed by atoms with Gasteiger partial charge in [-0.2, -0.15) is 5.10 Å². The molecule has 0 bridgehead atoms. The van der Waals surface area contributed by atoms with E-state index in [1.54, 1.807) is 12.4 Å². The van der Waals surface area contributed by atoms with Crippen molar-refractivity contribution < 1.29 is 0 Å². The molecule has 1 aromatic carbocycles. The van der Waals surface area contributed by atoms with Gasteiger partial charge in [0, 0.05) is 31.5 Å². The van der Waals surface area contributed by atoms with Gasteiger partial charge in [0.2, 0.25) is 5.95 Å². The highest BCUT2D eigenvalue weighted by Crippen LogP contribution is 2.33. The van der Waals surface area contributed by atoms with Gasteiger partial charge < -0.3 is 4.90 Å². The quantitative estimate of drug-likeness (QED) is 0.665. The van der Waals surface area contributed by atoms with Crippen molar-refractivity contribution in [3.8, 4) is 11.3 Å². The van der Waals surface area contributed by atoms with Crippen LogP contribution in [0.1, 0.15) is 49.1 Å². The van der Waals surface area contributed by atoms with Crippen molar-refractivity contribution in [2.45, 2.75) is 44.6 Å². The number of benzene rings is 1. The summed E-state index contributed by atoms with van der Waals surface area (Å²) in [6, 6.07) is 12.8. The van der Waals surface area contributed by atoms with Crippen LogP contribution in [0.15, 0.2) is 55.0 Å². The maximum Gasteiger partial charge on any atom is 0.245 e. The zero-order chi connectivity index (χ0) is 18.5. The summed E-state index contributed by atoms with van der Waals surface area (Å²) in [7, 11) is 1.97. The molecule has 0 amide bonds. The fraction of sp³-hybridized carbons (Fsp3) is 0.364. The second kappa shape index (κ2) is 8.25. The van der Waals surface area contributed by atoms with Gasteiger partial charge in [0.05, 0.1) is 11.9 Å². The zero-order valence-electron chi connectivity index (χ0n) is 15.8. The molecule has 0 N–H and O–H groups in total. The van der Waals surface area contributed by atoms with Crippen molar-refractivity contribution in [2.75, 3.05) is 11.9 Å². The summed E-state index contributed by atoms with van der Waals surface area (Å²) in [6.07, 6.45) is 12.1. The van der Waals surface area contributed by atoms with E-state index >= 15 is 0 Å². The van der Waals surface area contributed by atoms with Crippen LogP contribution in [0.2, 0.25) is 0 Å². The van der Waals surface area contributed by atoms with Gasteiger partial charge in [0.25, 0.3) is 0 Å². The van der Waals surface area contributed by atoms with Crippen LogP contribution >= 0.6 is 0 Å². The molecule has 0 aliphatic heterocycles. The molecule has 4 rings (SSSR count). The predicted molar refractivity (Wildman–Crippen MR) is 107 cm³/mol. The molecule has 5 heteroatoms. The van der Waals surface area contributed by atoms with E-state index < -0.39 is 0 Å². The van der Waals surface area contributed by atoms with Crippen LogP contribution in [0.25, 0.3) is 11.3 Å². The average molecular weight is 359 g/mol. The van der Waals surface area contributed by atoms with Gasteiger partial charge in [-0.1, -0.05) is 49.6 Å². The molecule has 2 heterocycles. The topological polar surface area (TPSA) is 54.8 Å². The Morgan fingerprint density at radius 1 is 1.00 bits per heavy atom. The van der Waals surface area contributed by atoms with Gasteiger partial charge in [0.1, 0.15) is 0 Å². The highest BCUT2D eigenvalue weighted by molar-refractivity contribution is 5.59. The Bertz CT molecular complexity index is 857. The van der Waals surface area contributed by atoms with Crippen molar-refractivity contribution in [1.82, 2.24) is 20.2 Å². The summed E-state index contributed by atoms with van der Waals surface area (Å²) in [5, 5.41) is 8.36. The first-order valence-electron chi connectivity index (χ1n) is 9.70. The summed E-state index contributed by atoms with van der Waals surface area (Å²) >= 11 is 0. The lowest BCUT2D eigenvalue weighted by Gasteiger charge is -2.22. The highest BCUT2D eigenvalue weighted by atomic mass is 15.3. The Kier molecular flexibility index (Phi) is 5.37. The lowest BCUT2D eigenvalue weighted by molar-refractivity contribution is 0.443. The third-order valence-corrected chi connectivity index (χ3v) is 5.31. The zero-order valence-corrected chi connectivity index (χ0v) is 15.8. The molecular weight excluding hydrogens is 334 g/mol. The number of hydrogen-bond acceptors (Lipinski definition) is 5. The van der Waals surface area contributed by atoms with Crippen LogP contribution in [0.3, 0.4) is 0 Å². The van der Waals surface area contributed by atoms with Crippen molar-refractivity contribution in [3.63, 3.8) is 0 Å². The summed E-state index contributed by atoms with van der Waals surface area (Å²) in [5.74, 6) is 1.34. The van der Waals surface area contributed by atoms with E-state index in [9.17, 15) is 0 Å². The van der Waals surface area contributed by atoms with E-state index in [2.05, 4.69) is 39.4 Å². The van der Waals surface area contributed by atoms with Crippen LogP contribution in [0.4, 0.5) is 5.95 Å². The molecule has 0 radical (unpaired) electrons. The third kappa shape index (κ3) is 4.30. The number of rotatable bonds is 5. The number of pyridine rings is 1. The summed E-state index contributed by atoms with van der Waals surface area (Å²) < 4.78 is 0. The van der Waals surface area contributed by atoms with Crippen molar-refractivity contribution in [2.24, 2.45) is 0 Å². The molecular formula is C22H25N5. The van der Waals surface area contributed by atoms with E-state index in [1.165, 1.54) is 37.7 Å². The fourth-order valence-corrected chi connectivity index (χ4v) is 3.79. The van der Waals surface area contributed by atoms with Gasteiger partial charge in [0.15, 0.2) is 0 Å². The first-order valence-corrected chi connectivity index (χ1v) is 9.70. The van der Waals surface area contributed by atoms with Gasteiger partial charge in [-0.25, -0.2) is 4.98 Å². The second-order valence-electron chi connectivity index (χ2n) is 7.32. The van der Waals surface area contributed by atoms with E-state index in [0.717, 1.165) is 22.7 Å². The summed E-state index contributed by atoms with van der Waals surface area (Å²) in [5.41, 5.74) is 4.51. The van der Waals surface area contributed by atoms with Crippen molar-refractivity contribution in [3.05, 3.63) is 66.1 Å². The molecule has 27 heavy (non-hydrogen) atoms. The maximum absolute atomic E-state index is 4.71. The fourth-order valence-electron chi connectivity index (χ4n) is 3.79. The SMILES string of the molecule is CN(Cc1cccnc1)c1nncc(-c2ccc(C3CCCCC3)cc2)n1. The lowest BCUT2D eigenvalue weighted by Crippen LogP contribution is -2.19. The Balaban J connectivity index is 1.50. The van der Waals surface area contributed by atoms with Crippen LogP contribution in [0.5, 0.6) is 0 Å². The van der Waals surface area contributed by atoms with Crippen LogP contribution in [-0.4, -0.2) is 27.2 Å². The lowest BCUT2D eigenvalue weighted by atomic mass is 9.84. The minimum Gasteiger partial charge on any atom is -0.338 e. The maximum atomic E-state index is 4.71. The van der Waals surface area contributed by atoms with Gasteiger partial charge in [-0.3, -0.25) is 4.98 Å². The first-order chi connectivity index (χ1) is 13.3. The average Bonchev–Trinajstić information content (AvgIpc) is 2.75. The molecule has 1 fully saturated rings. The summed E-state index contributed by atoms with van der Waals surface area (Å²) in [6.45, 7) is 0.694.